The fraction of sp³-hybridized carbons (Fsp3) is 0.800. The second kappa shape index (κ2) is 3.99. The highest BCUT2D eigenvalue weighted by Crippen LogP contribution is 2.33. The number of rotatable bonds is 3. The molecule has 2 nitrogen and oxygen atoms in total. The zero-order valence-corrected chi connectivity index (χ0v) is 7.94. The molecule has 0 aliphatic heterocycles. The molecule has 0 aromatic rings. The van der Waals surface area contributed by atoms with Crippen LogP contribution < -0.4 is 0 Å². The van der Waals surface area contributed by atoms with Crippen LogP contribution in [0.5, 0.6) is 0 Å². The predicted molar refractivity (Wildman–Crippen MR) is 47.2 cm³/mol. The van der Waals surface area contributed by atoms with Gasteiger partial charge in [0.1, 0.15) is 11.6 Å². The molecule has 0 N–H and O–H groups in total. The van der Waals surface area contributed by atoms with Crippen LogP contribution in [0.1, 0.15) is 39.0 Å². The van der Waals surface area contributed by atoms with Gasteiger partial charge in [-0.05, 0) is 26.2 Å². The lowest BCUT2D eigenvalue weighted by atomic mass is 9.71. The Hall–Kier alpha value is -0.730. The van der Waals surface area contributed by atoms with Crippen LogP contribution in [-0.2, 0) is 9.59 Å². The number of hydrogen-bond acceptors (Lipinski definition) is 2. The number of ketones is 2. The topological polar surface area (TPSA) is 34.1 Å². The zero-order valence-electron chi connectivity index (χ0n) is 7.94. The van der Waals surface area contributed by atoms with Gasteiger partial charge in [0.05, 0.1) is 12.1 Å². The van der Waals surface area contributed by atoms with Crippen molar-refractivity contribution in [3.63, 3.8) is 0 Å². The molecule has 0 saturated heterocycles. The van der Waals surface area contributed by atoms with Crippen molar-refractivity contribution >= 4 is 11.6 Å². The Morgan fingerprint density at radius 2 is 1.85 bits per heavy atom. The SMILES string of the molecule is CC1(CCCF)C(=O)CCCC1=O. The standard InChI is InChI=1S/C10H15FO2/c1-10(6-3-7-11)8(12)4-2-5-9(10)13/h2-7H2,1H3. The van der Waals surface area contributed by atoms with Crippen molar-refractivity contribution in [2.24, 2.45) is 5.41 Å². The molecule has 74 valence electrons. The van der Waals surface area contributed by atoms with Gasteiger partial charge >= 0.3 is 0 Å². The van der Waals surface area contributed by atoms with Gasteiger partial charge in [-0.2, -0.15) is 0 Å². The van der Waals surface area contributed by atoms with Crippen LogP contribution in [-0.4, -0.2) is 18.2 Å². The maximum atomic E-state index is 11.9. The summed E-state index contributed by atoms with van der Waals surface area (Å²) in [7, 11) is 0. The number of carbonyl (C=O) groups is 2. The number of halogens is 1. The fourth-order valence-corrected chi connectivity index (χ4v) is 1.82. The normalized spacial score (nSPS) is 22.0. The van der Waals surface area contributed by atoms with Gasteiger partial charge in [-0.1, -0.05) is 0 Å². The first-order chi connectivity index (χ1) is 6.11. The van der Waals surface area contributed by atoms with E-state index in [2.05, 4.69) is 0 Å². The van der Waals surface area contributed by atoms with Crippen molar-refractivity contribution in [3.05, 3.63) is 0 Å². The molecule has 0 aromatic heterocycles. The Kier molecular flexibility index (Phi) is 3.17. The molecule has 1 aliphatic rings. The molecule has 0 unspecified atom stereocenters. The maximum absolute atomic E-state index is 11.9. The van der Waals surface area contributed by atoms with Crippen molar-refractivity contribution < 1.29 is 14.0 Å². The Morgan fingerprint density at radius 3 is 2.31 bits per heavy atom. The van der Waals surface area contributed by atoms with Crippen molar-refractivity contribution in [1.82, 2.24) is 0 Å². The van der Waals surface area contributed by atoms with Crippen molar-refractivity contribution in [2.75, 3.05) is 6.67 Å². The molecule has 0 aromatic carbocycles. The highest BCUT2D eigenvalue weighted by Gasteiger charge is 2.41. The summed E-state index contributed by atoms with van der Waals surface area (Å²) in [6.45, 7) is 1.21. The van der Waals surface area contributed by atoms with Gasteiger partial charge in [0.2, 0.25) is 0 Å². The van der Waals surface area contributed by atoms with E-state index in [4.69, 9.17) is 0 Å². The second-order valence-electron chi connectivity index (χ2n) is 3.82. The first-order valence-electron chi connectivity index (χ1n) is 4.74. The smallest absolute Gasteiger partial charge is 0.146 e. The molecule has 0 bridgehead atoms. The number of alkyl halides is 1. The van der Waals surface area contributed by atoms with Gasteiger partial charge < -0.3 is 0 Å². The molecule has 1 aliphatic carbocycles. The van der Waals surface area contributed by atoms with Gasteiger partial charge in [0.25, 0.3) is 0 Å². The minimum atomic E-state index is -0.871. The lowest BCUT2D eigenvalue weighted by Gasteiger charge is -2.29. The minimum absolute atomic E-state index is 0.00259. The Balaban J connectivity index is 2.69. The predicted octanol–water partition coefficient (Wildman–Crippen LogP) is 2.06. The first kappa shape index (κ1) is 10.4. The zero-order chi connectivity index (χ0) is 9.90. The monoisotopic (exact) mass is 186 g/mol. The number of hydrogen-bond donors (Lipinski definition) is 0. The van der Waals surface area contributed by atoms with Gasteiger partial charge in [0, 0.05) is 12.8 Å². The van der Waals surface area contributed by atoms with Gasteiger partial charge in [0.15, 0.2) is 0 Å². The quantitative estimate of drug-likeness (QED) is 0.632. The average molecular weight is 186 g/mol. The van der Waals surface area contributed by atoms with Crippen LogP contribution in [0.25, 0.3) is 0 Å². The molecule has 13 heavy (non-hydrogen) atoms. The minimum Gasteiger partial charge on any atom is -0.299 e. The third kappa shape index (κ3) is 1.95. The maximum Gasteiger partial charge on any atom is 0.146 e. The van der Waals surface area contributed by atoms with Crippen LogP contribution in [0.3, 0.4) is 0 Å². The fourth-order valence-electron chi connectivity index (χ4n) is 1.82. The Labute approximate surface area is 77.5 Å². The molecule has 0 heterocycles. The van der Waals surface area contributed by atoms with Gasteiger partial charge in [-0.25, -0.2) is 0 Å². The highest BCUT2D eigenvalue weighted by atomic mass is 19.1. The molecular weight excluding hydrogens is 171 g/mol. The number of carbonyl (C=O) groups excluding carboxylic acids is 2. The van der Waals surface area contributed by atoms with E-state index in [1.165, 1.54) is 0 Å². The van der Waals surface area contributed by atoms with E-state index in [1.54, 1.807) is 6.92 Å². The molecule has 1 saturated carbocycles. The van der Waals surface area contributed by atoms with Crippen molar-refractivity contribution in [1.29, 1.82) is 0 Å². The molecule has 0 amide bonds. The van der Waals surface area contributed by atoms with Crippen LogP contribution in [0.15, 0.2) is 0 Å². The van der Waals surface area contributed by atoms with E-state index in [0.717, 1.165) is 0 Å². The summed E-state index contributed by atoms with van der Waals surface area (Å²) in [4.78, 5) is 23.0. The van der Waals surface area contributed by atoms with E-state index >= 15 is 0 Å². The summed E-state index contributed by atoms with van der Waals surface area (Å²) in [5.41, 5.74) is -0.871. The summed E-state index contributed by atoms with van der Waals surface area (Å²) < 4.78 is 11.9. The molecule has 0 radical (unpaired) electrons. The second-order valence-corrected chi connectivity index (χ2v) is 3.82. The van der Waals surface area contributed by atoms with E-state index in [-0.39, 0.29) is 11.6 Å². The van der Waals surface area contributed by atoms with Crippen LogP contribution in [0.4, 0.5) is 4.39 Å². The molecule has 0 spiro atoms. The lowest BCUT2D eigenvalue weighted by Crippen LogP contribution is -2.39. The Morgan fingerprint density at radius 1 is 1.31 bits per heavy atom. The first-order valence-corrected chi connectivity index (χ1v) is 4.74. The molecule has 0 atom stereocenters. The lowest BCUT2D eigenvalue weighted by molar-refractivity contribution is -0.143. The van der Waals surface area contributed by atoms with Gasteiger partial charge in [-0.15, -0.1) is 0 Å². The third-order valence-corrected chi connectivity index (χ3v) is 2.85. The van der Waals surface area contributed by atoms with Crippen LogP contribution in [0, 0.1) is 5.41 Å². The van der Waals surface area contributed by atoms with Crippen LogP contribution >= 0.6 is 0 Å². The van der Waals surface area contributed by atoms with E-state index < -0.39 is 12.1 Å². The molecule has 3 heteroatoms. The van der Waals surface area contributed by atoms with E-state index in [9.17, 15) is 14.0 Å². The summed E-state index contributed by atoms with van der Waals surface area (Å²) >= 11 is 0. The molecular formula is C10H15FO2. The highest BCUT2D eigenvalue weighted by molar-refractivity contribution is 6.08. The van der Waals surface area contributed by atoms with Crippen LogP contribution in [0.2, 0.25) is 0 Å². The van der Waals surface area contributed by atoms with E-state index in [1.807, 2.05) is 0 Å². The van der Waals surface area contributed by atoms with Gasteiger partial charge in [-0.3, -0.25) is 14.0 Å². The summed E-state index contributed by atoms with van der Waals surface area (Å²) in [6, 6.07) is 0. The number of Topliss-reactive ketones (excluding diaryl/α,β-unsaturated/α-hetero) is 2. The Bertz CT molecular complexity index is 207. The molecule has 1 fully saturated rings. The van der Waals surface area contributed by atoms with Crippen molar-refractivity contribution in [3.8, 4) is 0 Å². The average Bonchev–Trinajstić information content (AvgIpc) is 2.11. The summed E-state index contributed by atoms with van der Waals surface area (Å²) in [5.74, 6) is -0.00519. The largest absolute Gasteiger partial charge is 0.299 e. The third-order valence-electron chi connectivity index (χ3n) is 2.85. The van der Waals surface area contributed by atoms with E-state index in [0.29, 0.717) is 32.1 Å². The summed E-state index contributed by atoms with van der Waals surface area (Å²) in [6.07, 6.45) is 2.32. The summed E-state index contributed by atoms with van der Waals surface area (Å²) in [5, 5.41) is 0. The molecule has 1 rings (SSSR count). The van der Waals surface area contributed by atoms with Crippen molar-refractivity contribution in [2.45, 2.75) is 39.0 Å².